The zero-order valence-corrected chi connectivity index (χ0v) is 17.8. The van der Waals surface area contributed by atoms with E-state index in [9.17, 15) is 9.18 Å². The molecule has 1 aliphatic rings. The van der Waals surface area contributed by atoms with Crippen molar-refractivity contribution in [2.75, 3.05) is 13.7 Å². The Morgan fingerprint density at radius 2 is 2.12 bits per heavy atom. The topological polar surface area (TPSA) is 71.4 Å². The number of carbonyl (C=O) groups excluding carboxylic acids is 1. The minimum Gasteiger partial charge on any atom is -0.496 e. The Balaban J connectivity index is 1.39. The van der Waals surface area contributed by atoms with Crippen LogP contribution in [-0.2, 0) is 6.42 Å². The van der Waals surface area contributed by atoms with Crippen molar-refractivity contribution in [2.24, 2.45) is 0 Å². The van der Waals surface area contributed by atoms with E-state index < -0.39 is 0 Å². The second kappa shape index (κ2) is 8.49. The molecule has 0 saturated carbocycles. The highest BCUT2D eigenvalue weighted by Gasteiger charge is 2.32. The quantitative estimate of drug-likeness (QED) is 0.466. The third kappa shape index (κ3) is 3.86. The molecule has 1 atom stereocenters. The molecular weight excluding hydrogens is 409 g/mol. The van der Waals surface area contributed by atoms with Crippen LogP contribution in [0.5, 0.6) is 5.75 Å². The number of amides is 1. The lowest BCUT2D eigenvalue weighted by atomic mass is 10.0. The van der Waals surface area contributed by atoms with Crippen LogP contribution in [0.3, 0.4) is 0 Å². The minimum atomic E-state index is -0.325. The van der Waals surface area contributed by atoms with E-state index in [4.69, 9.17) is 9.15 Å². The largest absolute Gasteiger partial charge is 0.496 e. The lowest BCUT2D eigenvalue weighted by Gasteiger charge is -2.33. The Hall–Kier alpha value is -3.61. The maximum atomic E-state index is 13.6. The number of H-pyrrole nitrogens is 1. The minimum absolute atomic E-state index is 0.129. The van der Waals surface area contributed by atoms with Crippen molar-refractivity contribution >= 4 is 16.8 Å². The fraction of sp³-hybridized carbons (Fsp3) is 0.280. The van der Waals surface area contributed by atoms with Crippen molar-refractivity contribution in [2.45, 2.75) is 31.7 Å². The van der Waals surface area contributed by atoms with Crippen LogP contribution >= 0.6 is 0 Å². The number of piperidine rings is 1. The molecule has 1 fully saturated rings. The Morgan fingerprint density at radius 1 is 1.25 bits per heavy atom. The molecule has 0 spiro atoms. The molecule has 1 saturated heterocycles. The first-order valence-corrected chi connectivity index (χ1v) is 10.8. The number of fused-ring (bicyclic) bond motifs is 1. The highest BCUT2D eigenvalue weighted by Crippen LogP contribution is 2.33. The first kappa shape index (κ1) is 20.3. The molecule has 164 valence electrons. The first-order valence-electron chi connectivity index (χ1n) is 10.8. The monoisotopic (exact) mass is 433 g/mol. The third-order valence-electron chi connectivity index (χ3n) is 5.99. The molecule has 3 heterocycles. The standard InChI is InChI=1S/C25H24FN3O3/c1-31-23-8-3-2-6-16(23)13-19-15-27-24(32-19)22-7-4-5-11-29(22)25(30)21-14-17-12-18(26)9-10-20(17)28-21/h2-3,6,8-10,12,14-15,22,28H,4-5,7,11,13H2,1H3. The molecule has 1 unspecified atom stereocenters. The number of aromatic amines is 1. The predicted molar refractivity (Wildman–Crippen MR) is 118 cm³/mol. The van der Waals surface area contributed by atoms with E-state index in [-0.39, 0.29) is 17.8 Å². The van der Waals surface area contributed by atoms with Gasteiger partial charge in [0.25, 0.3) is 5.91 Å². The van der Waals surface area contributed by atoms with Crippen LogP contribution in [-0.4, -0.2) is 34.4 Å². The van der Waals surface area contributed by atoms with Crippen molar-refractivity contribution in [3.8, 4) is 5.75 Å². The zero-order chi connectivity index (χ0) is 22.1. The molecule has 1 N–H and O–H groups in total. The molecular formula is C25H24FN3O3. The van der Waals surface area contributed by atoms with Crippen molar-refractivity contribution < 1.29 is 18.3 Å². The van der Waals surface area contributed by atoms with Crippen LogP contribution in [0.25, 0.3) is 10.9 Å². The Morgan fingerprint density at radius 3 is 3.00 bits per heavy atom. The highest BCUT2D eigenvalue weighted by molar-refractivity contribution is 5.98. The summed E-state index contributed by atoms with van der Waals surface area (Å²) in [5, 5.41) is 0.678. The van der Waals surface area contributed by atoms with Gasteiger partial charge in [-0.05, 0) is 49.6 Å². The van der Waals surface area contributed by atoms with Crippen LogP contribution in [0.2, 0.25) is 0 Å². The molecule has 0 bridgehead atoms. The number of aromatic nitrogens is 2. The number of methoxy groups -OCH3 is 1. The van der Waals surface area contributed by atoms with E-state index in [1.807, 2.05) is 29.2 Å². The molecule has 2 aromatic heterocycles. The molecule has 1 aliphatic heterocycles. The smallest absolute Gasteiger partial charge is 0.270 e. The van der Waals surface area contributed by atoms with Gasteiger partial charge < -0.3 is 19.0 Å². The number of benzene rings is 2. The number of oxazole rings is 1. The van der Waals surface area contributed by atoms with Gasteiger partial charge in [0.05, 0.1) is 13.3 Å². The Kier molecular flexibility index (Phi) is 5.39. The molecule has 4 aromatic rings. The average molecular weight is 433 g/mol. The number of nitrogens with one attached hydrogen (secondary N) is 1. The zero-order valence-electron chi connectivity index (χ0n) is 17.8. The van der Waals surface area contributed by atoms with Crippen molar-refractivity contribution in [3.05, 3.63) is 83.5 Å². The Labute approximate surface area is 185 Å². The second-order valence-electron chi connectivity index (χ2n) is 8.08. The van der Waals surface area contributed by atoms with Crippen LogP contribution in [0.15, 0.2) is 59.1 Å². The highest BCUT2D eigenvalue weighted by atomic mass is 19.1. The number of nitrogens with zero attached hydrogens (tertiary/aromatic N) is 2. The Bertz CT molecular complexity index is 1260. The van der Waals surface area contributed by atoms with Gasteiger partial charge in [-0.3, -0.25) is 4.79 Å². The second-order valence-corrected chi connectivity index (χ2v) is 8.08. The normalized spacial score (nSPS) is 16.4. The van der Waals surface area contributed by atoms with Gasteiger partial charge in [-0.25, -0.2) is 9.37 Å². The maximum absolute atomic E-state index is 13.6. The summed E-state index contributed by atoms with van der Waals surface area (Å²) >= 11 is 0. The summed E-state index contributed by atoms with van der Waals surface area (Å²) in [4.78, 5) is 22.8. The molecule has 5 rings (SSSR count). The summed E-state index contributed by atoms with van der Waals surface area (Å²) in [6.07, 6.45) is 4.99. The van der Waals surface area contributed by atoms with Gasteiger partial charge >= 0.3 is 0 Å². The number of rotatable bonds is 5. The van der Waals surface area contributed by atoms with Gasteiger partial charge in [-0.2, -0.15) is 0 Å². The van der Waals surface area contributed by atoms with E-state index in [2.05, 4.69) is 9.97 Å². The fourth-order valence-corrected chi connectivity index (χ4v) is 4.40. The lowest BCUT2D eigenvalue weighted by Crippen LogP contribution is -2.38. The number of hydrogen-bond acceptors (Lipinski definition) is 4. The third-order valence-corrected chi connectivity index (χ3v) is 5.99. The summed E-state index contributed by atoms with van der Waals surface area (Å²) in [5.41, 5.74) is 2.19. The van der Waals surface area contributed by atoms with Crippen molar-refractivity contribution in [1.82, 2.24) is 14.9 Å². The van der Waals surface area contributed by atoms with E-state index in [0.717, 1.165) is 41.9 Å². The summed E-state index contributed by atoms with van der Waals surface area (Å²) in [7, 11) is 1.65. The SMILES string of the molecule is COc1ccccc1Cc1cnc(C2CCCCN2C(=O)c2cc3cc(F)ccc3[nH]2)o1. The van der Waals surface area contributed by atoms with Gasteiger partial charge in [0.15, 0.2) is 0 Å². The number of carbonyl (C=O) groups is 1. The number of para-hydroxylation sites is 1. The van der Waals surface area contributed by atoms with E-state index in [1.165, 1.54) is 12.1 Å². The van der Waals surface area contributed by atoms with Crippen molar-refractivity contribution in [1.29, 1.82) is 0 Å². The summed E-state index contributed by atoms with van der Waals surface area (Å²) in [5.74, 6) is 1.62. The summed E-state index contributed by atoms with van der Waals surface area (Å²) < 4.78 is 25.1. The van der Waals surface area contributed by atoms with Gasteiger partial charge in [0.2, 0.25) is 5.89 Å². The van der Waals surface area contributed by atoms with Crippen molar-refractivity contribution in [3.63, 3.8) is 0 Å². The maximum Gasteiger partial charge on any atom is 0.270 e. The van der Waals surface area contributed by atoms with Crippen LogP contribution in [0.4, 0.5) is 4.39 Å². The van der Waals surface area contributed by atoms with Gasteiger partial charge in [0.1, 0.15) is 29.1 Å². The molecule has 0 radical (unpaired) electrons. The summed E-state index contributed by atoms with van der Waals surface area (Å²) in [6.45, 7) is 0.622. The molecule has 2 aromatic carbocycles. The average Bonchev–Trinajstić information content (AvgIpc) is 3.45. The first-order chi connectivity index (χ1) is 15.6. The van der Waals surface area contributed by atoms with Gasteiger partial charge in [-0.15, -0.1) is 0 Å². The lowest BCUT2D eigenvalue weighted by molar-refractivity contribution is 0.0565. The van der Waals surface area contributed by atoms with E-state index >= 15 is 0 Å². The fourth-order valence-electron chi connectivity index (χ4n) is 4.40. The predicted octanol–water partition coefficient (Wildman–Crippen LogP) is 5.26. The van der Waals surface area contributed by atoms with Gasteiger partial charge in [-0.1, -0.05) is 18.2 Å². The van der Waals surface area contributed by atoms with Crippen LogP contribution in [0.1, 0.15) is 53.0 Å². The summed E-state index contributed by atoms with van der Waals surface area (Å²) in [6, 6.07) is 13.7. The molecule has 32 heavy (non-hydrogen) atoms. The molecule has 0 aliphatic carbocycles. The van der Waals surface area contributed by atoms with E-state index in [1.54, 1.807) is 25.4 Å². The van der Waals surface area contributed by atoms with Gasteiger partial charge in [0, 0.05) is 29.4 Å². The number of hydrogen-bond donors (Lipinski definition) is 1. The molecule has 1 amide bonds. The molecule has 7 heteroatoms. The number of halogens is 1. The number of ether oxygens (including phenoxy) is 1. The van der Waals surface area contributed by atoms with Crippen LogP contribution < -0.4 is 4.74 Å². The molecule has 6 nitrogen and oxygen atoms in total. The van der Waals surface area contributed by atoms with E-state index in [0.29, 0.717) is 29.9 Å². The number of likely N-dealkylation sites (tertiary alicyclic amines) is 1. The van der Waals surface area contributed by atoms with Crippen LogP contribution in [0, 0.1) is 5.82 Å².